The van der Waals surface area contributed by atoms with Crippen LogP contribution in [0, 0.1) is 12.8 Å². The van der Waals surface area contributed by atoms with Crippen LogP contribution >= 0.6 is 0 Å². The van der Waals surface area contributed by atoms with Gasteiger partial charge in [0.15, 0.2) is 0 Å². The van der Waals surface area contributed by atoms with Crippen LogP contribution in [0.5, 0.6) is 0 Å². The smallest absolute Gasteiger partial charge is 0.317 e. The molecule has 1 aromatic rings. The quantitative estimate of drug-likeness (QED) is 0.726. The monoisotopic (exact) mass is 216 g/mol. The molecule has 1 unspecified atom stereocenters. The summed E-state index contributed by atoms with van der Waals surface area (Å²) in [5, 5.41) is 0. The fourth-order valence-electron chi connectivity index (χ4n) is 2.06. The summed E-state index contributed by atoms with van der Waals surface area (Å²) in [5.41, 5.74) is 4.65. The minimum atomic E-state index is -0.114. The Kier molecular flexibility index (Phi) is 2.82. The number of carbonyl (C=O) groups excluding carboxylic acids is 1. The SMILES string of the molecule is CCOC(=O)C1C(C)=C1c1cccc(C)c1. The molecule has 1 aromatic carbocycles. The maximum Gasteiger partial charge on any atom is 0.317 e. The van der Waals surface area contributed by atoms with Gasteiger partial charge in [-0.15, -0.1) is 0 Å². The first-order valence-electron chi connectivity index (χ1n) is 5.59. The molecular weight excluding hydrogens is 200 g/mol. The van der Waals surface area contributed by atoms with Crippen LogP contribution in [0.4, 0.5) is 0 Å². The topological polar surface area (TPSA) is 26.3 Å². The first-order chi connectivity index (χ1) is 7.65. The van der Waals surface area contributed by atoms with E-state index >= 15 is 0 Å². The molecule has 0 radical (unpaired) electrons. The summed E-state index contributed by atoms with van der Waals surface area (Å²) in [6.45, 7) is 6.34. The highest BCUT2D eigenvalue weighted by Crippen LogP contribution is 2.47. The van der Waals surface area contributed by atoms with E-state index in [1.165, 1.54) is 5.56 Å². The molecule has 1 aliphatic carbocycles. The first kappa shape index (κ1) is 10.9. The molecule has 2 nitrogen and oxygen atoms in total. The number of benzene rings is 1. The summed E-state index contributed by atoms with van der Waals surface area (Å²) in [4.78, 5) is 11.6. The van der Waals surface area contributed by atoms with Gasteiger partial charge >= 0.3 is 5.97 Å². The summed E-state index contributed by atoms with van der Waals surface area (Å²) in [7, 11) is 0. The van der Waals surface area contributed by atoms with Gasteiger partial charge in [-0.2, -0.15) is 0 Å². The van der Waals surface area contributed by atoms with Crippen LogP contribution in [0.1, 0.15) is 25.0 Å². The first-order valence-corrected chi connectivity index (χ1v) is 5.59. The Bertz CT molecular complexity index is 458. The van der Waals surface area contributed by atoms with E-state index in [-0.39, 0.29) is 11.9 Å². The molecule has 1 aliphatic rings. The average Bonchev–Trinajstić information content (AvgIpc) is 2.90. The van der Waals surface area contributed by atoms with E-state index in [1.807, 2.05) is 26.0 Å². The molecule has 2 heteroatoms. The van der Waals surface area contributed by atoms with Gasteiger partial charge in [-0.25, -0.2) is 0 Å². The number of rotatable bonds is 3. The fraction of sp³-hybridized carbons (Fsp3) is 0.357. The summed E-state index contributed by atoms with van der Waals surface area (Å²) in [5.74, 6) is -0.210. The van der Waals surface area contributed by atoms with Gasteiger partial charge < -0.3 is 4.74 Å². The van der Waals surface area contributed by atoms with Crippen LogP contribution in [0.15, 0.2) is 29.8 Å². The van der Waals surface area contributed by atoms with Gasteiger partial charge in [0.2, 0.25) is 0 Å². The molecule has 16 heavy (non-hydrogen) atoms. The van der Waals surface area contributed by atoms with Crippen molar-refractivity contribution in [3.63, 3.8) is 0 Å². The van der Waals surface area contributed by atoms with Gasteiger partial charge in [-0.3, -0.25) is 4.79 Å². The number of esters is 1. The van der Waals surface area contributed by atoms with Crippen molar-refractivity contribution in [1.82, 2.24) is 0 Å². The molecule has 0 aliphatic heterocycles. The number of ether oxygens (including phenoxy) is 1. The molecule has 0 N–H and O–H groups in total. The van der Waals surface area contributed by atoms with Crippen LogP contribution in [0.2, 0.25) is 0 Å². The van der Waals surface area contributed by atoms with E-state index in [1.54, 1.807) is 0 Å². The number of aryl methyl sites for hydroxylation is 1. The largest absolute Gasteiger partial charge is 0.465 e. The van der Waals surface area contributed by atoms with Gasteiger partial charge in [0.25, 0.3) is 0 Å². The zero-order valence-corrected chi connectivity index (χ0v) is 9.91. The molecule has 84 valence electrons. The zero-order chi connectivity index (χ0) is 11.7. The van der Waals surface area contributed by atoms with Crippen molar-refractivity contribution < 1.29 is 9.53 Å². The standard InChI is InChI=1S/C14H16O2/c1-4-16-14(15)13-10(3)12(13)11-7-5-6-9(2)8-11/h5-8,13H,4H2,1-3H3. The average molecular weight is 216 g/mol. The molecule has 0 spiro atoms. The Balaban J connectivity index is 2.16. The Morgan fingerprint density at radius 1 is 1.38 bits per heavy atom. The van der Waals surface area contributed by atoms with Crippen LogP contribution < -0.4 is 0 Å². The number of hydrogen-bond acceptors (Lipinski definition) is 2. The van der Waals surface area contributed by atoms with Gasteiger partial charge in [-0.1, -0.05) is 29.8 Å². The van der Waals surface area contributed by atoms with Crippen LogP contribution in [0.25, 0.3) is 5.57 Å². The van der Waals surface area contributed by atoms with Crippen molar-refractivity contribution in [1.29, 1.82) is 0 Å². The van der Waals surface area contributed by atoms with Crippen molar-refractivity contribution >= 4 is 11.5 Å². The Labute approximate surface area is 95.9 Å². The summed E-state index contributed by atoms with van der Waals surface area (Å²) in [6, 6.07) is 8.23. The van der Waals surface area contributed by atoms with E-state index in [0.29, 0.717) is 6.61 Å². The van der Waals surface area contributed by atoms with Gasteiger partial charge in [-0.05, 0) is 37.5 Å². The molecule has 1 atom stereocenters. The Hall–Kier alpha value is -1.57. The third kappa shape index (κ3) is 1.87. The fourth-order valence-corrected chi connectivity index (χ4v) is 2.06. The molecule has 0 saturated carbocycles. The van der Waals surface area contributed by atoms with E-state index in [4.69, 9.17) is 4.74 Å². The molecule has 2 rings (SSSR count). The summed E-state index contributed by atoms with van der Waals surface area (Å²) < 4.78 is 5.04. The minimum absolute atomic E-state index is 0.0956. The number of hydrogen-bond donors (Lipinski definition) is 0. The highest BCUT2D eigenvalue weighted by molar-refractivity contribution is 6.03. The van der Waals surface area contributed by atoms with Crippen molar-refractivity contribution in [2.24, 2.45) is 5.92 Å². The van der Waals surface area contributed by atoms with Crippen molar-refractivity contribution in [2.75, 3.05) is 6.61 Å². The van der Waals surface area contributed by atoms with Crippen LogP contribution in [0.3, 0.4) is 0 Å². The lowest BCUT2D eigenvalue weighted by molar-refractivity contribution is -0.143. The van der Waals surface area contributed by atoms with E-state index < -0.39 is 0 Å². The second-order valence-corrected chi connectivity index (χ2v) is 4.15. The van der Waals surface area contributed by atoms with Crippen LogP contribution in [-0.4, -0.2) is 12.6 Å². The highest BCUT2D eigenvalue weighted by Gasteiger charge is 2.41. The molecule has 0 heterocycles. The minimum Gasteiger partial charge on any atom is -0.465 e. The lowest BCUT2D eigenvalue weighted by Gasteiger charge is -2.02. The van der Waals surface area contributed by atoms with Gasteiger partial charge in [0.05, 0.1) is 6.61 Å². The molecule has 0 fully saturated rings. The normalized spacial score (nSPS) is 18.6. The number of carbonyl (C=O) groups is 1. The lowest BCUT2D eigenvalue weighted by Crippen LogP contribution is -2.08. The summed E-state index contributed by atoms with van der Waals surface area (Å²) >= 11 is 0. The van der Waals surface area contributed by atoms with Crippen molar-refractivity contribution in [3.05, 3.63) is 41.0 Å². The second kappa shape index (κ2) is 4.12. The molecule has 0 bridgehead atoms. The maximum atomic E-state index is 11.6. The zero-order valence-electron chi connectivity index (χ0n) is 9.91. The lowest BCUT2D eigenvalue weighted by atomic mass is 10.1. The molecular formula is C14H16O2. The Morgan fingerprint density at radius 2 is 2.12 bits per heavy atom. The third-order valence-corrected chi connectivity index (χ3v) is 2.91. The van der Waals surface area contributed by atoms with Crippen molar-refractivity contribution in [3.8, 4) is 0 Å². The van der Waals surface area contributed by atoms with Crippen LogP contribution in [-0.2, 0) is 9.53 Å². The Morgan fingerprint density at radius 3 is 2.75 bits per heavy atom. The second-order valence-electron chi connectivity index (χ2n) is 4.15. The van der Waals surface area contributed by atoms with E-state index in [0.717, 1.165) is 16.7 Å². The third-order valence-electron chi connectivity index (χ3n) is 2.91. The maximum absolute atomic E-state index is 11.6. The van der Waals surface area contributed by atoms with Gasteiger partial charge in [0.1, 0.15) is 5.92 Å². The molecule has 0 aromatic heterocycles. The molecule has 0 amide bonds. The van der Waals surface area contributed by atoms with E-state index in [9.17, 15) is 4.79 Å². The molecule has 0 saturated heterocycles. The summed E-state index contributed by atoms with van der Waals surface area (Å²) in [6.07, 6.45) is 0. The predicted octanol–water partition coefficient (Wildman–Crippen LogP) is 2.96. The van der Waals surface area contributed by atoms with Crippen molar-refractivity contribution in [2.45, 2.75) is 20.8 Å². The van der Waals surface area contributed by atoms with E-state index in [2.05, 4.69) is 19.1 Å². The predicted molar refractivity (Wildman–Crippen MR) is 63.9 cm³/mol. The highest BCUT2D eigenvalue weighted by atomic mass is 16.5. The van der Waals surface area contributed by atoms with Gasteiger partial charge in [0, 0.05) is 0 Å².